The van der Waals surface area contributed by atoms with Crippen LogP contribution in [-0.4, -0.2) is 29.6 Å². The zero-order valence-electron chi connectivity index (χ0n) is 10.9. The number of carbonyl (C=O) groups is 2. The molecule has 6 heteroatoms. The van der Waals surface area contributed by atoms with Crippen LogP contribution in [-0.2, 0) is 4.79 Å². The number of carboxylic acid groups (broad SMARTS) is 1. The van der Waals surface area contributed by atoms with Crippen molar-refractivity contribution in [1.29, 1.82) is 0 Å². The molecule has 0 aliphatic rings. The van der Waals surface area contributed by atoms with Gasteiger partial charge in [-0.1, -0.05) is 13.8 Å². The molecule has 0 fully saturated rings. The SMILES string of the molecule is CC(C)NCCC(=O)Nc1ccc(F)c(C(=O)O)c1. The lowest BCUT2D eigenvalue weighted by molar-refractivity contribution is -0.116. The number of benzene rings is 1. The molecule has 0 unspecified atom stereocenters. The monoisotopic (exact) mass is 268 g/mol. The van der Waals surface area contributed by atoms with Gasteiger partial charge < -0.3 is 15.7 Å². The molecule has 1 amide bonds. The molecule has 0 saturated carbocycles. The van der Waals surface area contributed by atoms with Crippen LogP contribution in [0.2, 0.25) is 0 Å². The molecule has 0 atom stereocenters. The average molecular weight is 268 g/mol. The summed E-state index contributed by atoms with van der Waals surface area (Å²) in [5.41, 5.74) is -0.188. The summed E-state index contributed by atoms with van der Waals surface area (Å²) in [5.74, 6) is -2.45. The molecule has 5 nitrogen and oxygen atoms in total. The van der Waals surface area contributed by atoms with Crippen molar-refractivity contribution < 1.29 is 19.1 Å². The smallest absolute Gasteiger partial charge is 0.338 e. The molecule has 1 rings (SSSR count). The van der Waals surface area contributed by atoms with E-state index in [1.165, 1.54) is 6.07 Å². The van der Waals surface area contributed by atoms with Gasteiger partial charge in [-0.05, 0) is 18.2 Å². The Bertz CT molecular complexity index is 475. The molecule has 1 aromatic rings. The van der Waals surface area contributed by atoms with Crippen molar-refractivity contribution in [2.45, 2.75) is 26.3 Å². The Morgan fingerprint density at radius 3 is 2.63 bits per heavy atom. The summed E-state index contributed by atoms with van der Waals surface area (Å²) < 4.78 is 13.1. The van der Waals surface area contributed by atoms with E-state index in [4.69, 9.17) is 5.11 Å². The molecule has 0 saturated heterocycles. The fourth-order valence-electron chi connectivity index (χ4n) is 1.46. The maximum atomic E-state index is 13.1. The zero-order chi connectivity index (χ0) is 14.4. The van der Waals surface area contributed by atoms with E-state index in [2.05, 4.69) is 10.6 Å². The van der Waals surface area contributed by atoms with E-state index in [0.29, 0.717) is 6.54 Å². The third-order valence-corrected chi connectivity index (χ3v) is 2.39. The van der Waals surface area contributed by atoms with Gasteiger partial charge in [0.2, 0.25) is 5.91 Å². The fourth-order valence-corrected chi connectivity index (χ4v) is 1.46. The van der Waals surface area contributed by atoms with Crippen LogP contribution in [0.25, 0.3) is 0 Å². The highest BCUT2D eigenvalue weighted by molar-refractivity contribution is 5.94. The normalized spacial score (nSPS) is 10.5. The zero-order valence-corrected chi connectivity index (χ0v) is 10.9. The highest BCUT2D eigenvalue weighted by Crippen LogP contribution is 2.15. The van der Waals surface area contributed by atoms with Gasteiger partial charge in [-0.25, -0.2) is 9.18 Å². The number of nitrogens with one attached hydrogen (secondary N) is 2. The summed E-state index contributed by atoms with van der Waals surface area (Å²) >= 11 is 0. The van der Waals surface area contributed by atoms with Crippen LogP contribution in [0.4, 0.5) is 10.1 Å². The minimum Gasteiger partial charge on any atom is -0.478 e. The van der Waals surface area contributed by atoms with Gasteiger partial charge in [0.1, 0.15) is 5.82 Å². The fraction of sp³-hybridized carbons (Fsp3) is 0.385. The second-order valence-electron chi connectivity index (χ2n) is 4.41. The van der Waals surface area contributed by atoms with Crippen molar-refractivity contribution in [1.82, 2.24) is 5.32 Å². The molecule has 0 aromatic heterocycles. The van der Waals surface area contributed by atoms with Crippen LogP contribution in [0, 0.1) is 5.82 Å². The number of halogens is 1. The molecule has 0 heterocycles. The van der Waals surface area contributed by atoms with E-state index < -0.39 is 17.3 Å². The van der Waals surface area contributed by atoms with Crippen molar-refractivity contribution in [2.75, 3.05) is 11.9 Å². The Morgan fingerprint density at radius 1 is 1.37 bits per heavy atom. The number of hydrogen-bond donors (Lipinski definition) is 3. The Balaban J connectivity index is 2.60. The highest BCUT2D eigenvalue weighted by atomic mass is 19.1. The number of amides is 1. The lowest BCUT2D eigenvalue weighted by Crippen LogP contribution is -2.27. The molecule has 0 aliphatic heterocycles. The van der Waals surface area contributed by atoms with Crippen LogP contribution < -0.4 is 10.6 Å². The molecule has 0 radical (unpaired) electrons. The highest BCUT2D eigenvalue weighted by Gasteiger charge is 2.11. The van der Waals surface area contributed by atoms with E-state index in [9.17, 15) is 14.0 Å². The number of anilines is 1. The minimum atomic E-state index is -1.37. The summed E-state index contributed by atoms with van der Waals surface area (Å²) in [6.07, 6.45) is 0.262. The van der Waals surface area contributed by atoms with Crippen LogP contribution >= 0.6 is 0 Å². The molecule has 0 bridgehead atoms. The van der Waals surface area contributed by atoms with Crippen LogP contribution in [0.15, 0.2) is 18.2 Å². The first-order valence-corrected chi connectivity index (χ1v) is 5.96. The Morgan fingerprint density at radius 2 is 2.05 bits per heavy atom. The topological polar surface area (TPSA) is 78.4 Å². The average Bonchev–Trinajstić information content (AvgIpc) is 2.30. The van der Waals surface area contributed by atoms with E-state index in [-0.39, 0.29) is 24.1 Å². The lowest BCUT2D eigenvalue weighted by Gasteiger charge is -2.09. The molecule has 0 aliphatic carbocycles. The van der Waals surface area contributed by atoms with Crippen molar-refractivity contribution in [3.05, 3.63) is 29.6 Å². The van der Waals surface area contributed by atoms with Crippen molar-refractivity contribution in [3.8, 4) is 0 Å². The summed E-state index contributed by atoms with van der Waals surface area (Å²) in [4.78, 5) is 22.3. The van der Waals surface area contributed by atoms with Gasteiger partial charge in [0.15, 0.2) is 0 Å². The number of carboxylic acids is 1. The van der Waals surface area contributed by atoms with Crippen molar-refractivity contribution >= 4 is 17.6 Å². The van der Waals surface area contributed by atoms with Crippen LogP contribution in [0.5, 0.6) is 0 Å². The van der Waals surface area contributed by atoms with Crippen molar-refractivity contribution in [3.63, 3.8) is 0 Å². The lowest BCUT2D eigenvalue weighted by atomic mass is 10.2. The second kappa shape index (κ2) is 6.84. The van der Waals surface area contributed by atoms with Crippen LogP contribution in [0.3, 0.4) is 0 Å². The maximum absolute atomic E-state index is 13.1. The Labute approximate surface area is 110 Å². The molecular formula is C13H17FN2O3. The van der Waals surface area contributed by atoms with Gasteiger partial charge in [0, 0.05) is 24.7 Å². The van der Waals surface area contributed by atoms with E-state index in [1.54, 1.807) is 0 Å². The predicted octanol–water partition coefficient (Wildman–Crippen LogP) is 1.85. The summed E-state index contributed by atoms with van der Waals surface area (Å²) in [7, 11) is 0. The molecule has 19 heavy (non-hydrogen) atoms. The molecule has 104 valence electrons. The third kappa shape index (κ3) is 5.05. The van der Waals surface area contributed by atoms with E-state index in [1.807, 2.05) is 13.8 Å². The van der Waals surface area contributed by atoms with E-state index in [0.717, 1.165) is 12.1 Å². The van der Waals surface area contributed by atoms with Gasteiger partial charge in [-0.2, -0.15) is 0 Å². The predicted molar refractivity (Wildman–Crippen MR) is 69.7 cm³/mol. The van der Waals surface area contributed by atoms with Gasteiger partial charge in [0.25, 0.3) is 0 Å². The van der Waals surface area contributed by atoms with Gasteiger partial charge in [-0.15, -0.1) is 0 Å². The summed E-state index contributed by atoms with van der Waals surface area (Å²) in [6.45, 7) is 4.46. The molecule has 0 spiro atoms. The second-order valence-corrected chi connectivity index (χ2v) is 4.41. The van der Waals surface area contributed by atoms with Gasteiger partial charge >= 0.3 is 5.97 Å². The Hall–Kier alpha value is -1.95. The molecule has 1 aromatic carbocycles. The first kappa shape index (κ1) is 15.1. The van der Waals surface area contributed by atoms with Gasteiger partial charge in [-0.3, -0.25) is 4.79 Å². The van der Waals surface area contributed by atoms with Crippen molar-refractivity contribution in [2.24, 2.45) is 0 Å². The number of carbonyl (C=O) groups excluding carboxylic acids is 1. The molecular weight excluding hydrogens is 251 g/mol. The summed E-state index contributed by atoms with van der Waals surface area (Å²) in [6, 6.07) is 3.74. The first-order chi connectivity index (χ1) is 8.90. The van der Waals surface area contributed by atoms with E-state index >= 15 is 0 Å². The summed E-state index contributed by atoms with van der Waals surface area (Å²) in [5, 5.41) is 14.4. The minimum absolute atomic E-state index is 0.254. The Kier molecular flexibility index (Phi) is 5.44. The first-order valence-electron chi connectivity index (χ1n) is 5.96. The standard InChI is InChI=1S/C13H17FN2O3/c1-8(2)15-6-5-12(17)16-9-3-4-11(14)10(7-9)13(18)19/h3-4,7-8,15H,5-6H2,1-2H3,(H,16,17)(H,18,19). The number of hydrogen-bond acceptors (Lipinski definition) is 3. The quantitative estimate of drug-likeness (QED) is 0.735. The number of aromatic carboxylic acids is 1. The third-order valence-electron chi connectivity index (χ3n) is 2.39. The molecule has 3 N–H and O–H groups in total. The maximum Gasteiger partial charge on any atom is 0.338 e. The number of rotatable bonds is 6. The largest absolute Gasteiger partial charge is 0.478 e. The van der Waals surface area contributed by atoms with Crippen LogP contribution in [0.1, 0.15) is 30.6 Å². The van der Waals surface area contributed by atoms with Gasteiger partial charge in [0.05, 0.1) is 5.56 Å².